The van der Waals surface area contributed by atoms with Gasteiger partial charge in [-0.05, 0) is 66.2 Å². The lowest BCUT2D eigenvalue weighted by atomic mass is 10.0. The quantitative estimate of drug-likeness (QED) is 0.292. The van der Waals surface area contributed by atoms with E-state index in [-0.39, 0.29) is 11.5 Å². The molecule has 1 aliphatic heterocycles. The molecule has 0 amide bonds. The Morgan fingerprint density at radius 1 is 1.03 bits per heavy atom. The molecule has 4 aromatic rings. The van der Waals surface area contributed by atoms with E-state index in [2.05, 4.69) is 26.9 Å². The number of ketones is 1. The minimum atomic E-state index is -0.0825. The van der Waals surface area contributed by atoms with Crippen molar-refractivity contribution in [3.8, 4) is 11.5 Å². The number of hydrogen-bond acceptors (Lipinski definition) is 5. The highest BCUT2D eigenvalue weighted by Gasteiger charge is 2.19. The summed E-state index contributed by atoms with van der Waals surface area (Å²) < 4.78 is 5.25. The van der Waals surface area contributed by atoms with Crippen LogP contribution in [-0.4, -0.2) is 54.1 Å². The van der Waals surface area contributed by atoms with Gasteiger partial charge < -0.3 is 19.7 Å². The first-order valence-electron chi connectivity index (χ1n) is 11.8. The minimum absolute atomic E-state index is 0.0825. The average molecular weight is 468 g/mol. The Labute approximate surface area is 205 Å². The Balaban J connectivity index is 1.22. The van der Waals surface area contributed by atoms with E-state index < -0.39 is 0 Å². The number of phenols is 1. The van der Waals surface area contributed by atoms with Crippen LogP contribution in [0.15, 0.2) is 79.0 Å². The largest absolute Gasteiger partial charge is 0.508 e. The van der Waals surface area contributed by atoms with E-state index in [9.17, 15) is 9.90 Å². The summed E-state index contributed by atoms with van der Waals surface area (Å²) in [6.07, 6.45) is 5.34. The standard InChI is InChI=1S/C29H29N3O3/c1-35-25-10-8-24(9-11-25)32-16-14-31(15-17-32)20-23-18-21(6-12-29(23)34)28(33)13-7-22-19-30-27-5-3-2-4-26(22)27/h2-13,18-19,30,34H,14-17,20H2,1H3/b13-7+. The second-order valence-electron chi connectivity index (χ2n) is 8.79. The molecule has 1 aliphatic rings. The molecule has 6 nitrogen and oxygen atoms in total. The number of H-pyrrole nitrogens is 1. The molecule has 0 spiro atoms. The highest BCUT2D eigenvalue weighted by atomic mass is 16.5. The van der Waals surface area contributed by atoms with Gasteiger partial charge in [0.1, 0.15) is 11.5 Å². The maximum Gasteiger partial charge on any atom is 0.185 e. The Hall–Kier alpha value is -4.03. The van der Waals surface area contributed by atoms with E-state index in [0.29, 0.717) is 12.1 Å². The third-order valence-corrected chi connectivity index (χ3v) is 6.60. The number of piperazine rings is 1. The number of nitrogens with zero attached hydrogens (tertiary/aromatic N) is 2. The number of nitrogens with one attached hydrogen (secondary N) is 1. The number of aromatic nitrogens is 1. The molecule has 1 aromatic heterocycles. The second kappa shape index (κ2) is 10.1. The van der Waals surface area contributed by atoms with Gasteiger partial charge in [0, 0.05) is 66.6 Å². The smallest absolute Gasteiger partial charge is 0.185 e. The van der Waals surface area contributed by atoms with E-state index in [4.69, 9.17) is 4.74 Å². The fourth-order valence-electron chi connectivity index (χ4n) is 4.56. The number of anilines is 1. The number of fused-ring (bicyclic) bond motifs is 1. The summed E-state index contributed by atoms with van der Waals surface area (Å²) in [5.74, 6) is 0.995. The molecular formula is C29H29N3O3. The van der Waals surface area contributed by atoms with Crippen LogP contribution in [0.3, 0.4) is 0 Å². The molecule has 0 radical (unpaired) electrons. The normalized spacial score (nSPS) is 14.6. The molecule has 6 heteroatoms. The Kier molecular flexibility index (Phi) is 6.55. The van der Waals surface area contributed by atoms with Crippen molar-refractivity contribution in [2.24, 2.45) is 0 Å². The van der Waals surface area contributed by atoms with Crippen LogP contribution in [0.25, 0.3) is 17.0 Å². The molecule has 0 saturated carbocycles. The molecule has 0 unspecified atom stereocenters. The summed E-state index contributed by atoms with van der Waals surface area (Å²) in [6.45, 7) is 4.17. The van der Waals surface area contributed by atoms with Gasteiger partial charge in [-0.2, -0.15) is 0 Å². The Morgan fingerprint density at radius 3 is 2.57 bits per heavy atom. The number of aromatic hydroxyl groups is 1. The Bertz CT molecular complexity index is 1350. The summed E-state index contributed by atoms with van der Waals surface area (Å²) in [5, 5.41) is 11.5. The van der Waals surface area contributed by atoms with E-state index in [0.717, 1.165) is 54.0 Å². The number of ether oxygens (including phenoxy) is 1. The minimum Gasteiger partial charge on any atom is -0.508 e. The maximum atomic E-state index is 12.9. The fraction of sp³-hybridized carbons (Fsp3) is 0.207. The first-order valence-corrected chi connectivity index (χ1v) is 11.8. The van der Waals surface area contributed by atoms with Crippen LogP contribution in [0.2, 0.25) is 0 Å². The lowest BCUT2D eigenvalue weighted by Gasteiger charge is -2.36. The number of para-hydroxylation sites is 1. The van der Waals surface area contributed by atoms with Crippen LogP contribution >= 0.6 is 0 Å². The fourth-order valence-corrected chi connectivity index (χ4v) is 4.56. The van der Waals surface area contributed by atoms with Gasteiger partial charge in [0.25, 0.3) is 0 Å². The number of phenolic OH excluding ortho intramolecular Hbond substituents is 1. The number of allylic oxidation sites excluding steroid dienone is 1. The van der Waals surface area contributed by atoms with Crippen LogP contribution in [0.4, 0.5) is 5.69 Å². The summed E-state index contributed by atoms with van der Waals surface area (Å²) >= 11 is 0. The molecule has 35 heavy (non-hydrogen) atoms. The van der Waals surface area contributed by atoms with Crippen molar-refractivity contribution in [3.05, 3.63) is 95.7 Å². The van der Waals surface area contributed by atoms with Gasteiger partial charge in [-0.1, -0.05) is 18.2 Å². The van der Waals surface area contributed by atoms with Crippen molar-refractivity contribution in [2.75, 3.05) is 38.2 Å². The zero-order valence-electron chi connectivity index (χ0n) is 19.8. The molecule has 0 aliphatic carbocycles. The molecule has 1 fully saturated rings. The topological polar surface area (TPSA) is 68.8 Å². The van der Waals surface area contributed by atoms with E-state index in [1.807, 2.05) is 54.7 Å². The number of rotatable bonds is 7. The molecule has 2 N–H and O–H groups in total. The SMILES string of the molecule is COc1ccc(N2CCN(Cc3cc(C(=O)/C=C/c4c[nH]c5ccccc45)ccc3O)CC2)cc1. The van der Waals surface area contributed by atoms with E-state index in [1.165, 1.54) is 5.69 Å². The van der Waals surface area contributed by atoms with Gasteiger partial charge in [0.15, 0.2) is 5.78 Å². The summed E-state index contributed by atoms with van der Waals surface area (Å²) in [4.78, 5) is 20.8. The van der Waals surface area contributed by atoms with Crippen LogP contribution in [0, 0.1) is 0 Å². The molecular weight excluding hydrogens is 438 g/mol. The highest BCUT2D eigenvalue weighted by Crippen LogP contribution is 2.25. The number of carbonyl (C=O) groups is 1. The summed E-state index contributed by atoms with van der Waals surface area (Å²) in [5.41, 5.74) is 4.55. The third kappa shape index (κ3) is 5.08. The predicted octanol–water partition coefficient (Wildman–Crippen LogP) is 5.10. The van der Waals surface area contributed by atoms with Gasteiger partial charge in [0.05, 0.1) is 7.11 Å². The van der Waals surface area contributed by atoms with Crippen LogP contribution in [0.1, 0.15) is 21.5 Å². The molecule has 1 saturated heterocycles. The third-order valence-electron chi connectivity index (χ3n) is 6.60. The monoisotopic (exact) mass is 467 g/mol. The van der Waals surface area contributed by atoms with Gasteiger partial charge in [-0.15, -0.1) is 0 Å². The lowest BCUT2D eigenvalue weighted by Crippen LogP contribution is -2.45. The molecule has 178 valence electrons. The van der Waals surface area contributed by atoms with Gasteiger partial charge in [-0.3, -0.25) is 9.69 Å². The van der Waals surface area contributed by atoms with Crippen molar-refractivity contribution < 1.29 is 14.6 Å². The maximum absolute atomic E-state index is 12.9. The highest BCUT2D eigenvalue weighted by molar-refractivity contribution is 6.08. The van der Waals surface area contributed by atoms with Crippen LogP contribution < -0.4 is 9.64 Å². The molecule has 3 aromatic carbocycles. The van der Waals surface area contributed by atoms with Crippen molar-refractivity contribution in [1.29, 1.82) is 0 Å². The number of carbonyl (C=O) groups excluding carboxylic acids is 1. The van der Waals surface area contributed by atoms with Crippen LogP contribution in [0.5, 0.6) is 11.5 Å². The predicted molar refractivity (Wildman–Crippen MR) is 140 cm³/mol. The molecule has 0 bridgehead atoms. The number of methoxy groups -OCH3 is 1. The van der Waals surface area contributed by atoms with Crippen molar-refractivity contribution in [2.45, 2.75) is 6.54 Å². The van der Waals surface area contributed by atoms with Crippen LogP contribution in [-0.2, 0) is 6.54 Å². The summed E-state index contributed by atoms with van der Waals surface area (Å²) in [7, 11) is 1.67. The average Bonchev–Trinajstić information content (AvgIpc) is 3.32. The number of benzene rings is 3. The van der Waals surface area contributed by atoms with E-state index in [1.54, 1.807) is 25.3 Å². The van der Waals surface area contributed by atoms with Gasteiger partial charge in [-0.25, -0.2) is 0 Å². The first-order chi connectivity index (χ1) is 17.1. The molecule has 2 heterocycles. The first kappa shape index (κ1) is 22.7. The summed E-state index contributed by atoms with van der Waals surface area (Å²) in [6, 6.07) is 21.3. The van der Waals surface area contributed by atoms with E-state index >= 15 is 0 Å². The zero-order chi connectivity index (χ0) is 24.2. The van der Waals surface area contributed by atoms with Gasteiger partial charge >= 0.3 is 0 Å². The zero-order valence-corrected chi connectivity index (χ0v) is 19.8. The lowest BCUT2D eigenvalue weighted by molar-refractivity contribution is 0.104. The van der Waals surface area contributed by atoms with Gasteiger partial charge in [0.2, 0.25) is 0 Å². The molecule has 5 rings (SSSR count). The Morgan fingerprint density at radius 2 is 1.80 bits per heavy atom. The number of aromatic amines is 1. The second-order valence-corrected chi connectivity index (χ2v) is 8.79. The van der Waals surface area contributed by atoms with Crippen molar-refractivity contribution >= 4 is 28.4 Å². The number of hydrogen-bond donors (Lipinski definition) is 2. The van der Waals surface area contributed by atoms with Crippen molar-refractivity contribution in [1.82, 2.24) is 9.88 Å². The molecule has 0 atom stereocenters. The van der Waals surface area contributed by atoms with Crippen molar-refractivity contribution in [3.63, 3.8) is 0 Å².